The van der Waals surface area contributed by atoms with Gasteiger partial charge in [0.1, 0.15) is 11.5 Å². The Kier molecular flexibility index (Phi) is 3.31. The van der Waals surface area contributed by atoms with E-state index < -0.39 is 0 Å². The molecule has 0 spiro atoms. The first kappa shape index (κ1) is 12.7. The molecule has 0 saturated carbocycles. The molecule has 2 saturated heterocycles. The van der Waals surface area contributed by atoms with Crippen molar-refractivity contribution in [1.29, 1.82) is 0 Å². The molecular weight excluding hydrogens is 262 g/mol. The number of ether oxygens (including phenoxy) is 2. The zero-order valence-corrected chi connectivity index (χ0v) is 11.9. The van der Waals surface area contributed by atoms with Crippen LogP contribution in [0.3, 0.4) is 0 Å². The number of fused-ring (bicyclic) bond motifs is 2. The maximum atomic E-state index is 12.6. The second kappa shape index (κ2) is 4.96. The summed E-state index contributed by atoms with van der Waals surface area (Å²) in [5.41, 5.74) is 0.626. The fourth-order valence-electron chi connectivity index (χ4n) is 2.78. The largest absolute Gasteiger partial charge is 0.497 e. The van der Waals surface area contributed by atoms with Crippen LogP contribution in [0.25, 0.3) is 0 Å². The van der Waals surface area contributed by atoms with E-state index in [1.807, 2.05) is 16.7 Å². The Labute approximate surface area is 117 Å². The third-order valence-electron chi connectivity index (χ3n) is 3.80. The van der Waals surface area contributed by atoms with Crippen molar-refractivity contribution in [2.45, 2.75) is 17.7 Å². The quantitative estimate of drug-likeness (QED) is 0.848. The minimum Gasteiger partial charge on any atom is -0.497 e. The molecule has 0 aromatic heterocycles. The van der Waals surface area contributed by atoms with Gasteiger partial charge in [0.25, 0.3) is 5.91 Å². The van der Waals surface area contributed by atoms with E-state index in [1.54, 1.807) is 32.4 Å². The maximum absolute atomic E-state index is 12.6. The second-order valence-corrected chi connectivity index (χ2v) is 6.20. The number of hydrogen-bond acceptors (Lipinski definition) is 4. The predicted octanol–water partition coefficient (Wildman–Crippen LogP) is 2.03. The van der Waals surface area contributed by atoms with Gasteiger partial charge in [-0.15, -0.1) is 0 Å². The third-order valence-corrected chi connectivity index (χ3v) is 5.19. The molecule has 2 fully saturated rings. The average Bonchev–Trinajstić information content (AvgIpc) is 3.08. The number of benzene rings is 1. The van der Waals surface area contributed by atoms with Crippen LogP contribution in [0.4, 0.5) is 0 Å². The first-order chi connectivity index (χ1) is 9.22. The number of hydrogen-bond donors (Lipinski definition) is 0. The number of likely N-dealkylation sites (tertiary alicyclic amines) is 1. The number of methoxy groups -OCH3 is 2. The summed E-state index contributed by atoms with van der Waals surface area (Å²) >= 11 is 1.98. The second-order valence-electron chi connectivity index (χ2n) is 4.87. The summed E-state index contributed by atoms with van der Waals surface area (Å²) in [6.45, 7) is 0.864. The Bertz CT molecular complexity index is 505. The third kappa shape index (κ3) is 2.16. The smallest absolute Gasteiger partial charge is 0.257 e. The maximum Gasteiger partial charge on any atom is 0.257 e. The van der Waals surface area contributed by atoms with Crippen molar-refractivity contribution in [2.24, 2.45) is 0 Å². The van der Waals surface area contributed by atoms with Gasteiger partial charge in [-0.2, -0.15) is 11.8 Å². The van der Waals surface area contributed by atoms with Crippen LogP contribution >= 0.6 is 11.8 Å². The lowest BCUT2D eigenvalue weighted by Crippen LogP contribution is -2.39. The van der Waals surface area contributed by atoms with Crippen molar-refractivity contribution in [3.05, 3.63) is 23.8 Å². The molecule has 2 aliphatic rings. The summed E-state index contributed by atoms with van der Waals surface area (Å²) < 4.78 is 10.5. The zero-order chi connectivity index (χ0) is 13.4. The standard InChI is InChI=1S/C14H17NO3S/c1-17-10-3-4-12(13(6-10)18-2)14(16)15-7-11-5-9(15)8-19-11/h3-4,6,9,11H,5,7-8H2,1-2H3. The topological polar surface area (TPSA) is 38.8 Å². The summed E-state index contributed by atoms with van der Waals surface area (Å²) in [5, 5.41) is 0.623. The molecule has 5 heteroatoms. The molecule has 2 aliphatic heterocycles. The molecule has 0 aliphatic carbocycles. The van der Waals surface area contributed by atoms with Crippen molar-refractivity contribution in [3.63, 3.8) is 0 Å². The molecule has 0 radical (unpaired) electrons. The van der Waals surface area contributed by atoms with E-state index in [4.69, 9.17) is 9.47 Å². The Morgan fingerprint density at radius 3 is 2.79 bits per heavy atom. The van der Waals surface area contributed by atoms with Crippen LogP contribution in [0.1, 0.15) is 16.8 Å². The van der Waals surface area contributed by atoms with E-state index in [2.05, 4.69) is 0 Å². The molecule has 102 valence electrons. The molecule has 19 heavy (non-hydrogen) atoms. The number of thioether (sulfide) groups is 1. The van der Waals surface area contributed by atoms with Crippen LogP contribution < -0.4 is 9.47 Å². The molecule has 2 unspecified atom stereocenters. The van der Waals surface area contributed by atoms with Gasteiger partial charge in [0, 0.05) is 29.7 Å². The van der Waals surface area contributed by atoms with Crippen LogP contribution in [-0.4, -0.2) is 48.6 Å². The van der Waals surface area contributed by atoms with Crippen molar-refractivity contribution >= 4 is 17.7 Å². The SMILES string of the molecule is COc1ccc(C(=O)N2CC3CC2CS3)c(OC)c1. The van der Waals surface area contributed by atoms with E-state index in [-0.39, 0.29) is 5.91 Å². The fourth-order valence-corrected chi connectivity index (χ4v) is 4.21. The highest BCUT2D eigenvalue weighted by Crippen LogP contribution is 2.39. The molecule has 1 aromatic rings. The Balaban J connectivity index is 1.87. The van der Waals surface area contributed by atoms with Crippen LogP contribution in [0, 0.1) is 0 Å². The normalized spacial score (nSPS) is 24.6. The number of amides is 1. The molecule has 4 nitrogen and oxygen atoms in total. The first-order valence-corrected chi connectivity index (χ1v) is 7.42. The van der Waals surface area contributed by atoms with Gasteiger partial charge in [0.15, 0.2) is 0 Å². The number of nitrogens with zero attached hydrogens (tertiary/aromatic N) is 1. The Morgan fingerprint density at radius 1 is 1.37 bits per heavy atom. The van der Waals surface area contributed by atoms with Crippen molar-refractivity contribution in [2.75, 3.05) is 26.5 Å². The molecule has 3 rings (SSSR count). The summed E-state index contributed by atoms with van der Waals surface area (Å²) in [6.07, 6.45) is 1.13. The molecule has 2 bridgehead atoms. The molecule has 2 atom stereocenters. The lowest BCUT2D eigenvalue weighted by Gasteiger charge is -2.27. The van der Waals surface area contributed by atoms with Gasteiger partial charge in [-0.05, 0) is 18.6 Å². The number of rotatable bonds is 3. The summed E-state index contributed by atoms with van der Waals surface area (Å²) in [4.78, 5) is 14.6. The van der Waals surface area contributed by atoms with Crippen LogP contribution in [-0.2, 0) is 0 Å². The van der Waals surface area contributed by atoms with E-state index >= 15 is 0 Å². The number of carbonyl (C=O) groups is 1. The molecule has 2 heterocycles. The highest BCUT2D eigenvalue weighted by molar-refractivity contribution is 8.00. The van der Waals surface area contributed by atoms with Gasteiger partial charge in [-0.25, -0.2) is 0 Å². The Hall–Kier alpha value is -1.36. The molecular formula is C14H17NO3S. The fraction of sp³-hybridized carbons (Fsp3) is 0.500. The van der Waals surface area contributed by atoms with E-state index in [1.165, 1.54) is 0 Å². The lowest BCUT2D eigenvalue weighted by atomic mass is 10.1. The van der Waals surface area contributed by atoms with Gasteiger partial charge < -0.3 is 14.4 Å². The lowest BCUT2D eigenvalue weighted by molar-refractivity contribution is 0.0744. The summed E-state index contributed by atoms with van der Waals surface area (Å²) in [6, 6.07) is 5.75. The molecule has 1 aromatic carbocycles. The van der Waals surface area contributed by atoms with Gasteiger partial charge in [0.2, 0.25) is 0 Å². The predicted molar refractivity (Wildman–Crippen MR) is 75.2 cm³/mol. The Morgan fingerprint density at radius 2 is 2.21 bits per heavy atom. The first-order valence-electron chi connectivity index (χ1n) is 6.37. The van der Waals surface area contributed by atoms with Gasteiger partial charge in [-0.3, -0.25) is 4.79 Å². The molecule has 0 N–H and O–H groups in total. The van der Waals surface area contributed by atoms with E-state index in [0.717, 1.165) is 18.7 Å². The minimum atomic E-state index is 0.0762. The van der Waals surface area contributed by atoms with Crippen molar-refractivity contribution < 1.29 is 14.3 Å². The van der Waals surface area contributed by atoms with Gasteiger partial charge >= 0.3 is 0 Å². The van der Waals surface area contributed by atoms with Crippen molar-refractivity contribution in [1.82, 2.24) is 4.90 Å². The minimum absolute atomic E-state index is 0.0762. The van der Waals surface area contributed by atoms with Gasteiger partial charge in [-0.1, -0.05) is 0 Å². The van der Waals surface area contributed by atoms with Gasteiger partial charge in [0.05, 0.1) is 19.8 Å². The van der Waals surface area contributed by atoms with E-state index in [0.29, 0.717) is 28.4 Å². The zero-order valence-electron chi connectivity index (χ0n) is 11.1. The summed E-state index contributed by atoms with van der Waals surface area (Å²) in [7, 11) is 3.18. The highest BCUT2D eigenvalue weighted by atomic mass is 32.2. The van der Waals surface area contributed by atoms with E-state index in [9.17, 15) is 4.79 Å². The van der Waals surface area contributed by atoms with Crippen molar-refractivity contribution in [3.8, 4) is 11.5 Å². The average molecular weight is 279 g/mol. The highest BCUT2D eigenvalue weighted by Gasteiger charge is 2.41. The monoisotopic (exact) mass is 279 g/mol. The van der Waals surface area contributed by atoms with Crippen LogP contribution in [0.2, 0.25) is 0 Å². The number of carbonyl (C=O) groups excluding carboxylic acids is 1. The van der Waals surface area contributed by atoms with Crippen LogP contribution in [0.5, 0.6) is 11.5 Å². The summed E-state index contributed by atoms with van der Waals surface area (Å²) in [5.74, 6) is 2.42. The van der Waals surface area contributed by atoms with Crippen LogP contribution in [0.15, 0.2) is 18.2 Å². The molecule has 1 amide bonds.